The second kappa shape index (κ2) is 26.1. The molecule has 0 bridgehead atoms. The highest BCUT2D eigenvalue weighted by atomic mass is 15.2. The van der Waals surface area contributed by atoms with Crippen molar-refractivity contribution in [3.63, 3.8) is 0 Å². The monoisotopic (exact) mass is 1290 g/mol. The maximum Gasteiger partial charge on any atom is 0.252 e. The fraction of sp³-hybridized carbons (Fsp3) is 0.298. The Morgan fingerprint density at radius 1 is 0.293 bits per heavy atom. The predicted molar refractivity (Wildman–Crippen MR) is 431 cm³/mol. The highest BCUT2D eigenvalue weighted by molar-refractivity contribution is 7.00. The molecule has 5 heteroatoms. The van der Waals surface area contributed by atoms with Crippen LogP contribution in [0.25, 0.3) is 77.2 Å². The molecule has 0 fully saturated rings. The summed E-state index contributed by atoms with van der Waals surface area (Å²) in [6.45, 7) is 31.2. The van der Waals surface area contributed by atoms with Gasteiger partial charge in [-0.1, -0.05) is 261 Å². The molecule has 0 aliphatic carbocycles. The van der Waals surface area contributed by atoms with Crippen molar-refractivity contribution in [2.24, 2.45) is 0 Å². The molecule has 2 aromatic heterocycles. The van der Waals surface area contributed by atoms with Crippen LogP contribution in [0.1, 0.15) is 180 Å². The van der Waals surface area contributed by atoms with Crippen LogP contribution in [-0.4, -0.2) is 15.8 Å². The zero-order chi connectivity index (χ0) is 68.6. The van der Waals surface area contributed by atoms with Crippen molar-refractivity contribution < 1.29 is 0 Å². The van der Waals surface area contributed by atoms with Gasteiger partial charge in [-0.25, -0.2) is 0 Å². The van der Waals surface area contributed by atoms with Crippen molar-refractivity contribution in [3.05, 3.63) is 257 Å². The van der Waals surface area contributed by atoms with Crippen LogP contribution >= 0.6 is 0 Å². The summed E-state index contributed by atoms with van der Waals surface area (Å²) in [6, 6.07) is 85.4. The number of benzene rings is 11. The van der Waals surface area contributed by atoms with Gasteiger partial charge in [0.1, 0.15) is 0 Å². The van der Waals surface area contributed by atoms with Gasteiger partial charge >= 0.3 is 0 Å². The van der Waals surface area contributed by atoms with E-state index in [0.717, 1.165) is 77.0 Å². The number of hydrogen-bond donors (Lipinski definition) is 0. The molecule has 0 spiro atoms. The van der Waals surface area contributed by atoms with Gasteiger partial charge < -0.3 is 18.9 Å². The molecule has 0 amide bonds. The predicted octanol–water partition coefficient (Wildman–Crippen LogP) is 24.6. The van der Waals surface area contributed by atoms with E-state index in [0.29, 0.717) is 0 Å². The maximum absolute atomic E-state index is 2.85. The van der Waals surface area contributed by atoms with Gasteiger partial charge in [0.2, 0.25) is 0 Å². The van der Waals surface area contributed by atoms with Gasteiger partial charge in [-0.15, -0.1) is 0 Å². The first kappa shape index (κ1) is 65.6. The molecule has 2 aliphatic rings. The smallest absolute Gasteiger partial charge is 0.252 e. The maximum atomic E-state index is 2.85. The van der Waals surface area contributed by atoms with Crippen LogP contribution in [0.4, 0.5) is 34.1 Å². The summed E-state index contributed by atoms with van der Waals surface area (Å²) < 4.78 is 5.13. The molecule has 0 saturated heterocycles. The molecule has 99 heavy (non-hydrogen) atoms. The third-order valence-corrected chi connectivity index (χ3v) is 21.9. The molecule has 11 aromatic carbocycles. The van der Waals surface area contributed by atoms with Crippen molar-refractivity contribution in [2.45, 2.75) is 183 Å². The van der Waals surface area contributed by atoms with E-state index in [-0.39, 0.29) is 23.0 Å². The number of anilines is 6. The summed E-state index contributed by atoms with van der Waals surface area (Å²) in [5, 5.41) is 5.04. The number of fused-ring (bicyclic) bond motifs is 10. The normalized spacial score (nSPS) is 13.1. The van der Waals surface area contributed by atoms with Crippen LogP contribution in [0, 0.1) is 0 Å². The standard InChI is InChI=1S/C94H99BN4/c1-14-18-32-66-52-70(92(5,6)7)53-67(33-19-15-2)90(66)98-85-60-73(96-81-42-30-28-40-75(81)77-56-64(44-50-83(77)96)62-36-24-22-25-37-62)46-48-79(85)95-80-49-47-74(97-82-43-31-29-41-76(82)78-57-65(45-51-84(78)97)63-38-26-23-27-39-63)61-86(80)99(88-59-72(94(11,12)13)58-87(98)89(88)95)91-68(34-20-16-3)54-71(93(8,9)10)55-69(91)35-21-17-4/h22-31,36-61H,14-21,32-35H2,1-13H3. The van der Waals surface area contributed by atoms with Gasteiger partial charge in [0.05, 0.1) is 33.4 Å². The Kier molecular flexibility index (Phi) is 17.3. The summed E-state index contributed by atoms with van der Waals surface area (Å²) in [5.41, 5.74) is 33.7. The van der Waals surface area contributed by atoms with Crippen LogP contribution < -0.4 is 26.2 Å². The molecule has 0 saturated carbocycles. The minimum Gasteiger partial charge on any atom is -0.311 e. The Hall–Kier alpha value is -9.32. The lowest BCUT2D eigenvalue weighted by molar-refractivity contribution is 0.587. The van der Waals surface area contributed by atoms with Gasteiger partial charge in [-0.2, -0.15) is 0 Å². The van der Waals surface area contributed by atoms with E-state index < -0.39 is 0 Å². The fourth-order valence-electron chi connectivity index (χ4n) is 16.5. The summed E-state index contributed by atoms with van der Waals surface area (Å²) in [4.78, 5) is 5.70. The number of aromatic nitrogens is 2. The Morgan fingerprint density at radius 2 is 0.626 bits per heavy atom. The molecule has 0 N–H and O–H groups in total. The Morgan fingerprint density at radius 3 is 0.980 bits per heavy atom. The second-order valence-corrected chi connectivity index (χ2v) is 31.9. The molecule has 13 aromatic rings. The summed E-state index contributed by atoms with van der Waals surface area (Å²) >= 11 is 0. The molecular formula is C94H99BN4. The van der Waals surface area contributed by atoms with Crippen molar-refractivity contribution >= 4 is 101 Å². The van der Waals surface area contributed by atoms with E-state index in [1.54, 1.807) is 0 Å². The Balaban J connectivity index is 1.08. The van der Waals surface area contributed by atoms with Crippen molar-refractivity contribution in [3.8, 4) is 33.6 Å². The van der Waals surface area contributed by atoms with Crippen LogP contribution in [0.5, 0.6) is 0 Å². The van der Waals surface area contributed by atoms with E-state index in [2.05, 4.69) is 327 Å². The van der Waals surface area contributed by atoms with Gasteiger partial charge in [-0.05, 0) is 218 Å². The molecule has 4 nitrogen and oxygen atoms in total. The van der Waals surface area contributed by atoms with Gasteiger partial charge in [0.25, 0.3) is 6.71 Å². The van der Waals surface area contributed by atoms with E-state index >= 15 is 0 Å². The van der Waals surface area contributed by atoms with E-state index in [1.165, 1.54) is 167 Å². The molecule has 0 atom stereocenters. The molecule has 0 radical (unpaired) electrons. The van der Waals surface area contributed by atoms with Crippen LogP contribution in [0.3, 0.4) is 0 Å². The molecule has 0 unspecified atom stereocenters. The third kappa shape index (κ3) is 11.7. The average molecular weight is 1300 g/mol. The number of hydrogen-bond acceptors (Lipinski definition) is 2. The first-order valence-electron chi connectivity index (χ1n) is 37.4. The van der Waals surface area contributed by atoms with Crippen LogP contribution in [0.15, 0.2) is 218 Å². The van der Waals surface area contributed by atoms with Crippen molar-refractivity contribution in [2.75, 3.05) is 9.80 Å². The number of nitrogens with zero attached hydrogens (tertiary/aromatic N) is 4. The molecular weight excluding hydrogens is 1200 g/mol. The van der Waals surface area contributed by atoms with E-state index in [1.807, 2.05) is 0 Å². The van der Waals surface area contributed by atoms with Crippen molar-refractivity contribution in [1.29, 1.82) is 0 Å². The van der Waals surface area contributed by atoms with E-state index in [4.69, 9.17) is 0 Å². The largest absolute Gasteiger partial charge is 0.311 e. The quantitative estimate of drug-likeness (QED) is 0.0796. The topological polar surface area (TPSA) is 16.3 Å². The number of unbranched alkanes of at least 4 members (excludes halogenated alkanes) is 4. The SMILES string of the molecule is CCCCc1cc(C(C)(C)C)cc(CCCC)c1N1c2cc(-n3c4ccccc4c4cc(-c5ccccc5)ccc43)ccc2B2c3ccc(-n4c5ccccc5c5cc(-c6ccccc6)ccc54)cc3N(c3c(CCCC)cc(C(C)(C)C)cc3CCCC)c3cc(C(C)(C)C)cc1c32. The lowest BCUT2D eigenvalue weighted by Gasteiger charge is -2.47. The Labute approximate surface area is 590 Å². The number of aryl methyl sites for hydroxylation is 4. The Bertz CT molecular complexity index is 4840. The minimum absolute atomic E-state index is 0.0400. The third-order valence-electron chi connectivity index (χ3n) is 21.9. The first-order chi connectivity index (χ1) is 47.9. The first-order valence-corrected chi connectivity index (χ1v) is 37.4. The van der Waals surface area contributed by atoms with Gasteiger partial charge in [0, 0.05) is 55.7 Å². The van der Waals surface area contributed by atoms with Crippen molar-refractivity contribution in [1.82, 2.24) is 9.13 Å². The van der Waals surface area contributed by atoms with Gasteiger partial charge in [-0.3, -0.25) is 0 Å². The summed E-state index contributed by atoms with van der Waals surface area (Å²) in [7, 11) is 0. The van der Waals surface area contributed by atoms with Crippen LogP contribution in [0.2, 0.25) is 0 Å². The molecule has 4 heterocycles. The fourth-order valence-corrected chi connectivity index (χ4v) is 16.5. The average Bonchev–Trinajstić information content (AvgIpc) is 1.07. The highest BCUT2D eigenvalue weighted by Gasteiger charge is 2.46. The second-order valence-electron chi connectivity index (χ2n) is 31.9. The van der Waals surface area contributed by atoms with E-state index in [9.17, 15) is 0 Å². The number of rotatable bonds is 18. The van der Waals surface area contributed by atoms with Gasteiger partial charge in [0.15, 0.2) is 0 Å². The minimum atomic E-state index is -0.218. The lowest BCUT2D eigenvalue weighted by atomic mass is 9.33. The number of para-hydroxylation sites is 2. The zero-order valence-electron chi connectivity index (χ0n) is 61.1. The highest BCUT2D eigenvalue weighted by Crippen LogP contribution is 2.52. The summed E-state index contributed by atoms with van der Waals surface area (Å²) in [5.74, 6) is 0. The molecule has 2 aliphatic heterocycles. The summed E-state index contributed by atoms with van der Waals surface area (Å²) in [6.07, 6.45) is 12.9. The molecule has 498 valence electrons. The zero-order valence-corrected chi connectivity index (χ0v) is 61.1. The molecule has 15 rings (SSSR count). The van der Waals surface area contributed by atoms with Crippen LogP contribution in [-0.2, 0) is 41.9 Å². The lowest BCUT2D eigenvalue weighted by Crippen LogP contribution is -2.61.